The third-order valence-electron chi connectivity index (χ3n) is 5.10. The van der Waals surface area contributed by atoms with Crippen LogP contribution in [0.1, 0.15) is 11.6 Å². The number of hydrogen-bond donors (Lipinski definition) is 0. The van der Waals surface area contributed by atoms with E-state index in [1.54, 1.807) is 17.0 Å². The molecule has 5 rings (SSSR count). The van der Waals surface area contributed by atoms with E-state index in [9.17, 15) is 4.79 Å². The van der Waals surface area contributed by atoms with Crippen LogP contribution in [0.5, 0.6) is 5.75 Å². The van der Waals surface area contributed by atoms with Crippen LogP contribution in [-0.4, -0.2) is 28.5 Å². The molecule has 0 aliphatic carbocycles. The number of hydrogen-bond acceptors (Lipinski definition) is 6. The van der Waals surface area contributed by atoms with E-state index in [2.05, 4.69) is 10.2 Å². The third kappa shape index (κ3) is 4.22. The quantitative estimate of drug-likeness (QED) is 0.356. The number of rotatable bonds is 5. The zero-order valence-electron chi connectivity index (χ0n) is 16.8. The van der Waals surface area contributed by atoms with Crippen LogP contribution in [0.4, 0.5) is 5.69 Å². The molecule has 1 aliphatic rings. The highest BCUT2D eigenvalue weighted by molar-refractivity contribution is 7.99. The molecule has 1 atom stereocenters. The summed E-state index contributed by atoms with van der Waals surface area (Å²) < 4.78 is 11.7. The molecule has 1 unspecified atom stereocenters. The molecule has 0 saturated heterocycles. The van der Waals surface area contributed by atoms with Crippen LogP contribution in [-0.2, 0) is 4.79 Å². The largest absolute Gasteiger partial charge is 0.489 e. The molecule has 0 N–H and O–H groups in total. The molecular weight excluding hydrogens is 446 g/mol. The van der Waals surface area contributed by atoms with Gasteiger partial charge in [0, 0.05) is 10.6 Å². The first-order chi connectivity index (χ1) is 15.7. The number of anilines is 1. The van der Waals surface area contributed by atoms with E-state index >= 15 is 0 Å². The number of carbonyl (C=O) groups excluding carboxylic acids is 1. The summed E-state index contributed by atoms with van der Waals surface area (Å²) in [5.41, 5.74) is 2.54. The zero-order valence-corrected chi connectivity index (χ0v) is 18.4. The summed E-state index contributed by atoms with van der Waals surface area (Å²) in [6.07, 6.45) is 0. The molecule has 2 heterocycles. The summed E-state index contributed by atoms with van der Waals surface area (Å²) in [6.45, 7) is 0.388. The second-order valence-electron chi connectivity index (χ2n) is 7.14. The normalized spacial score (nSPS) is 15.2. The average molecular weight is 464 g/mol. The number of benzene rings is 3. The molecule has 32 heavy (non-hydrogen) atoms. The maximum atomic E-state index is 13.4. The number of thioether (sulfide) groups is 1. The lowest BCUT2D eigenvalue weighted by Crippen LogP contribution is -2.42. The van der Waals surface area contributed by atoms with Crippen LogP contribution in [0.25, 0.3) is 11.5 Å². The Balaban J connectivity index is 1.36. The van der Waals surface area contributed by atoms with E-state index < -0.39 is 0 Å². The number of fused-ring (bicyclic) bond motifs is 1. The Morgan fingerprint density at radius 3 is 2.56 bits per heavy atom. The van der Waals surface area contributed by atoms with E-state index in [4.69, 9.17) is 20.8 Å². The van der Waals surface area contributed by atoms with Crippen LogP contribution in [0, 0.1) is 0 Å². The van der Waals surface area contributed by atoms with Crippen molar-refractivity contribution in [2.75, 3.05) is 17.3 Å². The molecule has 8 heteroatoms. The standard InChI is InChI=1S/C24H18ClN3O3S/c25-18-12-10-17(11-13-18)23-26-27-24(31-23)32-15-22(29)28-19-8-4-5-9-21(19)30-14-20(28)16-6-2-1-3-7-16/h1-13,20H,14-15H2. The number of para-hydroxylation sites is 2. The van der Waals surface area contributed by atoms with Crippen molar-refractivity contribution < 1.29 is 13.9 Å². The van der Waals surface area contributed by atoms with E-state index in [1.165, 1.54) is 11.8 Å². The molecule has 0 radical (unpaired) electrons. The minimum atomic E-state index is -0.216. The van der Waals surface area contributed by atoms with E-state index in [-0.39, 0.29) is 17.7 Å². The second-order valence-corrected chi connectivity index (χ2v) is 8.50. The molecule has 3 aromatic carbocycles. The summed E-state index contributed by atoms with van der Waals surface area (Å²) in [4.78, 5) is 15.2. The first kappa shape index (κ1) is 20.6. The molecule has 0 spiro atoms. The Morgan fingerprint density at radius 2 is 1.75 bits per heavy atom. The van der Waals surface area contributed by atoms with Gasteiger partial charge in [-0.2, -0.15) is 0 Å². The fraction of sp³-hybridized carbons (Fsp3) is 0.125. The van der Waals surface area contributed by atoms with Gasteiger partial charge in [0.15, 0.2) is 0 Å². The lowest BCUT2D eigenvalue weighted by molar-refractivity contribution is -0.117. The number of amides is 1. The summed E-state index contributed by atoms with van der Waals surface area (Å²) in [5.74, 6) is 1.17. The number of halogens is 1. The highest BCUT2D eigenvalue weighted by atomic mass is 35.5. The van der Waals surface area contributed by atoms with Crippen LogP contribution in [0.2, 0.25) is 5.02 Å². The van der Waals surface area contributed by atoms with Gasteiger partial charge in [-0.15, -0.1) is 10.2 Å². The summed E-state index contributed by atoms with van der Waals surface area (Å²) in [5, 5.41) is 9.12. The van der Waals surface area contributed by atoms with E-state index in [0.717, 1.165) is 16.8 Å². The van der Waals surface area contributed by atoms with Gasteiger partial charge in [-0.25, -0.2) is 0 Å². The third-order valence-corrected chi connectivity index (χ3v) is 6.16. The van der Waals surface area contributed by atoms with Crippen LogP contribution >= 0.6 is 23.4 Å². The smallest absolute Gasteiger partial charge is 0.277 e. The average Bonchev–Trinajstić information content (AvgIpc) is 3.32. The molecule has 0 saturated carbocycles. The molecule has 4 aromatic rings. The minimum Gasteiger partial charge on any atom is -0.489 e. The molecule has 160 valence electrons. The number of aromatic nitrogens is 2. The first-order valence-corrected chi connectivity index (χ1v) is 11.4. The Hall–Kier alpha value is -3.29. The van der Waals surface area contributed by atoms with Crippen molar-refractivity contribution in [1.82, 2.24) is 10.2 Å². The topological polar surface area (TPSA) is 68.5 Å². The Kier molecular flexibility index (Phi) is 5.83. The van der Waals surface area contributed by atoms with Gasteiger partial charge in [0.05, 0.1) is 17.5 Å². The number of ether oxygens (including phenoxy) is 1. The Bertz CT molecular complexity index is 1230. The SMILES string of the molecule is O=C(CSc1nnc(-c2ccc(Cl)cc2)o1)N1c2ccccc2OCC1c1ccccc1. The van der Waals surface area contributed by atoms with Crippen molar-refractivity contribution in [3.8, 4) is 17.2 Å². The van der Waals surface area contributed by atoms with Gasteiger partial charge in [-0.1, -0.05) is 65.8 Å². The van der Waals surface area contributed by atoms with Crippen molar-refractivity contribution >= 4 is 35.0 Å². The second kappa shape index (κ2) is 9.06. The van der Waals surface area contributed by atoms with Gasteiger partial charge in [-0.3, -0.25) is 9.69 Å². The summed E-state index contributed by atoms with van der Waals surface area (Å²) in [6, 6.07) is 24.4. The predicted molar refractivity (Wildman–Crippen MR) is 124 cm³/mol. The molecule has 0 bridgehead atoms. The minimum absolute atomic E-state index is 0.0640. The Labute approximate surface area is 194 Å². The van der Waals surface area contributed by atoms with Crippen molar-refractivity contribution in [3.05, 3.63) is 89.4 Å². The maximum Gasteiger partial charge on any atom is 0.277 e. The Morgan fingerprint density at radius 1 is 1.00 bits per heavy atom. The fourth-order valence-electron chi connectivity index (χ4n) is 3.59. The van der Waals surface area contributed by atoms with Gasteiger partial charge in [0.1, 0.15) is 12.4 Å². The van der Waals surface area contributed by atoms with E-state index in [0.29, 0.717) is 28.5 Å². The molecule has 1 amide bonds. The van der Waals surface area contributed by atoms with Gasteiger partial charge in [-0.05, 0) is 42.0 Å². The lowest BCUT2D eigenvalue weighted by atomic mass is 10.0. The van der Waals surface area contributed by atoms with Crippen molar-refractivity contribution in [3.63, 3.8) is 0 Å². The van der Waals surface area contributed by atoms with Crippen molar-refractivity contribution in [1.29, 1.82) is 0 Å². The molecule has 6 nitrogen and oxygen atoms in total. The van der Waals surface area contributed by atoms with Gasteiger partial charge in [0.2, 0.25) is 11.8 Å². The van der Waals surface area contributed by atoms with Gasteiger partial charge >= 0.3 is 0 Å². The zero-order chi connectivity index (χ0) is 21.9. The van der Waals surface area contributed by atoms with Crippen LogP contribution < -0.4 is 9.64 Å². The highest BCUT2D eigenvalue weighted by Crippen LogP contribution is 2.40. The van der Waals surface area contributed by atoms with Crippen molar-refractivity contribution in [2.45, 2.75) is 11.3 Å². The molecular formula is C24H18ClN3O3S. The lowest BCUT2D eigenvalue weighted by Gasteiger charge is -2.37. The van der Waals surface area contributed by atoms with Crippen molar-refractivity contribution in [2.24, 2.45) is 0 Å². The summed E-state index contributed by atoms with van der Waals surface area (Å²) >= 11 is 7.15. The van der Waals surface area contributed by atoms with Crippen LogP contribution in [0.15, 0.2) is 88.5 Å². The van der Waals surface area contributed by atoms with Gasteiger partial charge in [0.25, 0.3) is 5.22 Å². The molecule has 0 fully saturated rings. The first-order valence-electron chi connectivity index (χ1n) is 10.00. The molecule has 1 aliphatic heterocycles. The fourth-order valence-corrected chi connectivity index (χ4v) is 4.34. The van der Waals surface area contributed by atoms with E-state index in [1.807, 2.05) is 66.7 Å². The van der Waals surface area contributed by atoms with Gasteiger partial charge < -0.3 is 9.15 Å². The maximum absolute atomic E-state index is 13.4. The molecule has 1 aromatic heterocycles. The summed E-state index contributed by atoms with van der Waals surface area (Å²) in [7, 11) is 0. The highest BCUT2D eigenvalue weighted by Gasteiger charge is 2.33. The predicted octanol–water partition coefficient (Wildman–Crippen LogP) is 5.65. The monoisotopic (exact) mass is 463 g/mol. The number of nitrogens with zero attached hydrogens (tertiary/aromatic N) is 3. The number of carbonyl (C=O) groups is 1. The van der Waals surface area contributed by atoms with Crippen LogP contribution in [0.3, 0.4) is 0 Å².